The van der Waals surface area contributed by atoms with Crippen molar-refractivity contribution in [2.75, 3.05) is 14.1 Å². The third-order valence-corrected chi connectivity index (χ3v) is 3.35. The number of hydrogen-bond acceptors (Lipinski definition) is 1. The summed E-state index contributed by atoms with van der Waals surface area (Å²) in [5.41, 5.74) is 2.41. The first-order valence-electron chi connectivity index (χ1n) is 6.05. The highest BCUT2D eigenvalue weighted by molar-refractivity contribution is 6.09. The molecule has 0 amide bonds. The van der Waals surface area contributed by atoms with Crippen molar-refractivity contribution in [1.29, 1.82) is 0 Å². The van der Waals surface area contributed by atoms with Gasteiger partial charge in [-0.25, -0.2) is 0 Å². The van der Waals surface area contributed by atoms with E-state index in [4.69, 9.17) is 0 Å². The van der Waals surface area contributed by atoms with Crippen LogP contribution in [0, 0.1) is 0 Å². The van der Waals surface area contributed by atoms with E-state index in [9.17, 15) is 0 Å². The maximum absolute atomic E-state index is 4.19. The summed E-state index contributed by atoms with van der Waals surface area (Å²) in [5.74, 6) is 0.979. The van der Waals surface area contributed by atoms with Crippen LogP contribution in [0.1, 0.15) is 0 Å². The van der Waals surface area contributed by atoms with Gasteiger partial charge in [-0.05, 0) is 12.1 Å². The van der Waals surface area contributed by atoms with Gasteiger partial charge in [-0.1, -0.05) is 43.0 Å². The van der Waals surface area contributed by atoms with E-state index in [1.807, 2.05) is 19.0 Å². The van der Waals surface area contributed by atoms with Gasteiger partial charge in [0.25, 0.3) is 0 Å². The van der Waals surface area contributed by atoms with E-state index in [2.05, 4.69) is 59.7 Å². The summed E-state index contributed by atoms with van der Waals surface area (Å²) in [7, 11) is 4.04. The summed E-state index contributed by atoms with van der Waals surface area (Å²) in [5, 5.41) is 2.55. The molecular weight excluding hydrogens is 220 g/mol. The second-order valence-electron chi connectivity index (χ2n) is 4.68. The molecule has 1 heterocycles. The van der Waals surface area contributed by atoms with Crippen molar-refractivity contribution < 1.29 is 0 Å². The molecule has 0 aliphatic heterocycles. The number of para-hydroxylation sites is 2. The molecule has 0 atom stereocenters. The van der Waals surface area contributed by atoms with E-state index >= 15 is 0 Å². The van der Waals surface area contributed by atoms with Crippen molar-refractivity contribution in [3.05, 3.63) is 55.1 Å². The Balaban J connectivity index is 2.49. The summed E-state index contributed by atoms with van der Waals surface area (Å²) >= 11 is 0. The topological polar surface area (TPSA) is 8.17 Å². The average molecular weight is 236 g/mol. The first-order chi connectivity index (χ1) is 8.70. The second kappa shape index (κ2) is 3.91. The quantitative estimate of drug-likeness (QED) is 0.657. The van der Waals surface area contributed by atoms with Crippen LogP contribution >= 0.6 is 0 Å². The van der Waals surface area contributed by atoms with Crippen LogP contribution in [0.4, 0.5) is 0 Å². The van der Waals surface area contributed by atoms with Gasteiger partial charge in [-0.3, -0.25) is 4.57 Å². The maximum Gasteiger partial charge on any atom is 0.105 e. The highest BCUT2D eigenvalue weighted by atomic mass is 15.2. The summed E-state index contributed by atoms with van der Waals surface area (Å²) in [6, 6.07) is 16.9. The molecule has 2 aromatic carbocycles. The fourth-order valence-electron chi connectivity index (χ4n) is 2.40. The molecule has 0 radical (unpaired) electrons. The molecule has 0 spiro atoms. The number of aromatic nitrogens is 1. The summed E-state index contributed by atoms with van der Waals surface area (Å²) in [6.45, 7) is 4.19. The predicted octanol–water partition coefficient (Wildman–Crippen LogP) is 3.78. The van der Waals surface area contributed by atoms with Crippen molar-refractivity contribution in [2.24, 2.45) is 0 Å². The maximum atomic E-state index is 4.19. The zero-order valence-electron chi connectivity index (χ0n) is 10.7. The fourth-order valence-corrected chi connectivity index (χ4v) is 2.40. The van der Waals surface area contributed by atoms with E-state index in [0.717, 1.165) is 5.82 Å². The Hall–Kier alpha value is -2.22. The SMILES string of the molecule is C=C(N(C)C)n1c2ccccc2c2ccccc21. The normalized spacial score (nSPS) is 11.0. The van der Waals surface area contributed by atoms with Crippen molar-refractivity contribution in [3.8, 4) is 0 Å². The second-order valence-corrected chi connectivity index (χ2v) is 4.68. The molecule has 0 fully saturated rings. The Morgan fingerprint density at radius 2 is 1.33 bits per heavy atom. The molecule has 2 heteroatoms. The predicted molar refractivity (Wildman–Crippen MR) is 78.5 cm³/mol. The van der Waals surface area contributed by atoms with Gasteiger partial charge in [0.1, 0.15) is 5.82 Å². The standard InChI is InChI=1S/C16H16N2/c1-12(17(2)3)18-15-10-6-4-8-13(15)14-9-5-7-11-16(14)18/h4-11H,1H2,2-3H3. The molecule has 0 saturated carbocycles. The van der Waals surface area contributed by atoms with Crippen LogP contribution in [0.2, 0.25) is 0 Å². The molecule has 1 aromatic heterocycles. The van der Waals surface area contributed by atoms with Gasteiger partial charge in [0.2, 0.25) is 0 Å². The summed E-state index contributed by atoms with van der Waals surface area (Å²) in [6.07, 6.45) is 0. The summed E-state index contributed by atoms with van der Waals surface area (Å²) in [4.78, 5) is 2.04. The van der Waals surface area contributed by atoms with Gasteiger partial charge in [0.15, 0.2) is 0 Å². The van der Waals surface area contributed by atoms with Gasteiger partial charge in [-0.2, -0.15) is 0 Å². The molecule has 18 heavy (non-hydrogen) atoms. The van der Waals surface area contributed by atoms with Crippen LogP contribution in [0.25, 0.3) is 27.6 Å². The van der Waals surface area contributed by atoms with E-state index in [1.54, 1.807) is 0 Å². The molecule has 2 nitrogen and oxygen atoms in total. The largest absolute Gasteiger partial charge is 0.364 e. The first-order valence-corrected chi connectivity index (χ1v) is 6.05. The van der Waals surface area contributed by atoms with Crippen molar-refractivity contribution >= 4 is 27.6 Å². The van der Waals surface area contributed by atoms with Crippen LogP contribution in [0.5, 0.6) is 0 Å². The molecule has 0 aliphatic carbocycles. The molecule has 3 aromatic rings. The van der Waals surface area contributed by atoms with Crippen molar-refractivity contribution in [1.82, 2.24) is 9.47 Å². The van der Waals surface area contributed by atoms with Gasteiger partial charge in [0.05, 0.1) is 11.0 Å². The highest BCUT2D eigenvalue weighted by Crippen LogP contribution is 2.31. The number of rotatable bonds is 2. The van der Waals surface area contributed by atoms with Gasteiger partial charge in [0, 0.05) is 24.9 Å². The molecule has 0 N–H and O–H groups in total. The lowest BCUT2D eigenvalue weighted by atomic mass is 10.2. The van der Waals surface area contributed by atoms with E-state index < -0.39 is 0 Å². The minimum Gasteiger partial charge on any atom is -0.364 e. The lowest BCUT2D eigenvalue weighted by Gasteiger charge is -2.18. The highest BCUT2D eigenvalue weighted by Gasteiger charge is 2.12. The zero-order chi connectivity index (χ0) is 12.7. The lowest BCUT2D eigenvalue weighted by molar-refractivity contribution is 0.565. The number of nitrogens with zero attached hydrogens (tertiary/aromatic N) is 2. The molecule has 0 unspecified atom stereocenters. The van der Waals surface area contributed by atoms with Crippen molar-refractivity contribution in [2.45, 2.75) is 0 Å². The van der Waals surface area contributed by atoms with Crippen LogP contribution < -0.4 is 0 Å². The molecule has 0 aliphatic rings. The Labute approximate surface area is 107 Å². The third-order valence-electron chi connectivity index (χ3n) is 3.35. The Morgan fingerprint density at radius 3 is 1.78 bits per heavy atom. The molecule has 0 bridgehead atoms. The molecule has 3 rings (SSSR count). The fraction of sp³-hybridized carbons (Fsp3) is 0.125. The Bertz CT molecular complexity index is 682. The van der Waals surface area contributed by atoms with Crippen LogP contribution in [0.3, 0.4) is 0 Å². The van der Waals surface area contributed by atoms with E-state index in [0.29, 0.717) is 0 Å². The first kappa shape index (κ1) is 10.9. The van der Waals surface area contributed by atoms with E-state index in [1.165, 1.54) is 21.8 Å². The van der Waals surface area contributed by atoms with Crippen LogP contribution in [-0.4, -0.2) is 23.6 Å². The Morgan fingerprint density at radius 1 is 0.889 bits per heavy atom. The number of benzene rings is 2. The van der Waals surface area contributed by atoms with Crippen LogP contribution in [-0.2, 0) is 0 Å². The zero-order valence-corrected chi connectivity index (χ0v) is 10.7. The van der Waals surface area contributed by atoms with Gasteiger partial charge < -0.3 is 4.90 Å². The average Bonchev–Trinajstić information content (AvgIpc) is 2.72. The lowest BCUT2D eigenvalue weighted by Crippen LogP contribution is -2.14. The third kappa shape index (κ3) is 1.42. The van der Waals surface area contributed by atoms with Gasteiger partial charge >= 0.3 is 0 Å². The minimum absolute atomic E-state index is 0.979. The summed E-state index contributed by atoms with van der Waals surface area (Å²) < 4.78 is 2.21. The number of fused-ring (bicyclic) bond motifs is 3. The number of hydrogen-bond donors (Lipinski definition) is 0. The molecule has 90 valence electrons. The van der Waals surface area contributed by atoms with E-state index in [-0.39, 0.29) is 0 Å². The monoisotopic (exact) mass is 236 g/mol. The smallest absolute Gasteiger partial charge is 0.105 e. The van der Waals surface area contributed by atoms with Crippen LogP contribution in [0.15, 0.2) is 55.1 Å². The Kier molecular flexibility index (Phi) is 2.37. The molecule has 0 saturated heterocycles. The molecular formula is C16H16N2. The van der Waals surface area contributed by atoms with Gasteiger partial charge in [-0.15, -0.1) is 0 Å². The minimum atomic E-state index is 0.979. The van der Waals surface area contributed by atoms with Crippen molar-refractivity contribution in [3.63, 3.8) is 0 Å².